The minimum atomic E-state index is -0.286. The average Bonchev–Trinajstić information content (AvgIpc) is 2.62. The van der Waals surface area contributed by atoms with Gasteiger partial charge in [-0.2, -0.15) is 0 Å². The molecule has 0 saturated heterocycles. The molecule has 2 rings (SSSR count). The molecule has 1 aromatic carbocycles. The number of fused-ring (bicyclic) bond motifs is 1. The van der Waals surface area contributed by atoms with Crippen molar-refractivity contribution in [1.29, 1.82) is 0 Å². The first-order valence-corrected chi connectivity index (χ1v) is 5.31. The summed E-state index contributed by atoms with van der Waals surface area (Å²) in [4.78, 5) is 0. The van der Waals surface area contributed by atoms with Gasteiger partial charge in [0.25, 0.3) is 0 Å². The minimum absolute atomic E-state index is 0.286. The summed E-state index contributed by atoms with van der Waals surface area (Å²) < 4.78 is 2.10. The Hall–Kier alpha value is -1.32. The van der Waals surface area contributed by atoms with Crippen LogP contribution >= 0.6 is 0 Å². The van der Waals surface area contributed by atoms with E-state index in [1.165, 1.54) is 10.9 Å². The van der Waals surface area contributed by atoms with Crippen molar-refractivity contribution in [2.24, 2.45) is 0 Å². The second kappa shape index (κ2) is 4.47. The molecule has 3 nitrogen and oxygen atoms in total. The van der Waals surface area contributed by atoms with Gasteiger partial charge in [-0.15, -0.1) is 0 Å². The van der Waals surface area contributed by atoms with Crippen LogP contribution in [0.2, 0.25) is 0 Å². The van der Waals surface area contributed by atoms with Gasteiger partial charge in [-0.05, 0) is 17.5 Å². The first-order chi connectivity index (χ1) is 7.31. The predicted octanol–water partition coefficient (Wildman–Crippen LogP) is 0.195. The fraction of sp³-hybridized carbons (Fsp3) is 0.333. The van der Waals surface area contributed by atoms with Gasteiger partial charge in [-0.25, -0.2) is 0 Å². The van der Waals surface area contributed by atoms with E-state index in [1.807, 2.05) is 30.7 Å². The molecule has 3 N–H and O–H groups in total. The maximum atomic E-state index is 9.73. The number of hydrogen-bond donors (Lipinski definition) is 2. The zero-order chi connectivity index (χ0) is 10.7. The molecule has 1 atom stereocenters. The molecule has 0 unspecified atom stereocenters. The van der Waals surface area contributed by atoms with E-state index in [4.69, 9.17) is 0 Å². The van der Waals surface area contributed by atoms with E-state index < -0.39 is 0 Å². The second-order valence-electron chi connectivity index (χ2n) is 3.82. The molecule has 80 valence electrons. The van der Waals surface area contributed by atoms with Crippen molar-refractivity contribution in [3.8, 4) is 0 Å². The Balaban J connectivity index is 2.21. The minimum Gasteiger partial charge on any atom is -0.385 e. The number of nitrogens with zero attached hydrogens (tertiary/aromatic N) is 1. The van der Waals surface area contributed by atoms with E-state index in [0.717, 1.165) is 6.54 Å². The highest BCUT2D eigenvalue weighted by Crippen LogP contribution is 2.15. The summed E-state index contributed by atoms with van der Waals surface area (Å²) in [6.07, 6.45) is 1.75. The zero-order valence-electron chi connectivity index (χ0n) is 8.93. The number of aliphatic hydroxyl groups is 1. The number of benzene rings is 1. The highest BCUT2D eigenvalue weighted by molar-refractivity contribution is 5.79. The number of nitrogens with two attached hydrogens (primary N) is 1. The smallest absolute Gasteiger partial charge is 0.120 e. The first kappa shape index (κ1) is 10.2. The van der Waals surface area contributed by atoms with Gasteiger partial charge in [0.1, 0.15) is 12.6 Å². The van der Waals surface area contributed by atoms with E-state index in [2.05, 4.69) is 22.8 Å². The van der Waals surface area contributed by atoms with Crippen molar-refractivity contribution in [2.75, 3.05) is 13.6 Å². The third-order valence-corrected chi connectivity index (χ3v) is 2.60. The third-order valence-electron chi connectivity index (χ3n) is 2.60. The Kier molecular flexibility index (Phi) is 3.04. The summed E-state index contributed by atoms with van der Waals surface area (Å²) in [6, 6.07) is 10.3. The van der Waals surface area contributed by atoms with Crippen molar-refractivity contribution in [2.45, 2.75) is 12.6 Å². The van der Waals surface area contributed by atoms with Gasteiger partial charge in [0, 0.05) is 11.7 Å². The van der Waals surface area contributed by atoms with Crippen LogP contribution in [0.3, 0.4) is 0 Å². The van der Waals surface area contributed by atoms with Crippen LogP contribution in [0.1, 0.15) is 0 Å². The lowest BCUT2D eigenvalue weighted by Crippen LogP contribution is -2.82. The summed E-state index contributed by atoms with van der Waals surface area (Å²) in [6.45, 7) is 1.41. The molecule has 0 bridgehead atoms. The van der Waals surface area contributed by atoms with Gasteiger partial charge in [0.05, 0.1) is 13.6 Å². The quantitative estimate of drug-likeness (QED) is 0.735. The summed E-state index contributed by atoms with van der Waals surface area (Å²) in [5.41, 5.74) is 1.19. The Bertz CT molecular complexity index is 436. The van der Waals surface area contributed by atoms with E-state index in [0.29, 0.717) is 6.54 Å². The molecule has 0 aliphatic carbocycles. The maximum absolute atomic E-state index is 9.73. The van der Waals surface area contributed by atoms with Gasteiger partial charge in [0.15, 0.2) is 0 Å². The Morgan fingerprint density at radius 2 is 2.13 bits per heavy atom. The summed E-state index contributed by atoms with van der Waals surface area (Å²) in [7, 11) is 1.97. The fourth-order valence-electron chi connectivity index (χ4n) is 1.87. The van der Waals surface area contributed by atoms with Crippen molar-refractivity contribution < 1.29 is 10.4 Å². The molecule has 0 radical (unpaired) electrons. The molecule has 0 aliphatic rings. The van der Waals surface area contributed by atoms with Crippen molar-refractivity contribution >= 4 is 10.9 Å². The molecule has 0 amide bonds. The Morgan fingerprint density at radius 1 is 1.33 bits per heavy atom. The number of hydrogen-bond acceptors (Lipinski definition) is 1. The van der Waals surface area contributed by atoms with Gasteiger partial charge in [-0.1, -0.05) is 18.2 Å². The normalized spacial score (nSPS) is 13.2. The standard InChI is InChI=1S/C12H16N2O/c1-13-8-11(15)9-14-7-6-10-4-2-3-5-12(10)14/h2-7,11,13,15H,8-9H2,1H3/p+1/t11-/m1/s1. The van der Waals surface area contributed by atoms with Crippen molar-refractivity contribution in [1.82, 2.24) is 4.57 Å². The van der Waals surface area contributed by atoms with Crippen LogP contribution in [0.4, 0.5) is 0 Å². The third kappa shape index (κ3) is 2.19. The summed E-state index contributed by atoms with van der Waals surface area (Å²) >= 11 is 0. The number of likely N-dealkylation sites (N-methyl/N-ethyl adjacent to an activating group) is 1. The topological polar surface area (TPSA) is 41.8 Å². The second-order valence-corrected chi connectivity index (χ2v) is 3.82. The molecule has 2 aromatic rings. The van der Waals surface area contributed by atoms with Crippen LogP contribution in [0.15, 0.2) is 36.5 Å². The average molecular weight is 205 g/mol. The number of quaternary nitrogens is 1. The number of aromatic nitrogens is 1. The van der Waals surface area contributed by atoms with Crippen molar-refractivity contribution in [3.63, 3.8) is 0 Å². The molecule has 1 heterocycles. The lowest BCUT2D eigenvalue weighted by atomic mass is 10.2. The highest BCUT2D eigenvalue weighted by Gasteiger charge is 2.07. The van der Waals surface area contributed by atoms with E-state index in [-0.39, 0.29) is 6.10 Å². The zero-order valence-corrected chi connectivity index (χ0v) is 8.93. The highest BCUT2D eigenvalue weighted by atomic mass is 16.3. The molecule has 0 spiro atoms. The van der Waals surface area contributed by atoms with Crippen LogP contribution < -0.4 is 5.32 Å². The summed E-state index contributed by atoms with van der Waals surface area (Å²) in [5.74, 6) is 0. The molecule has 0 fully saturated rings. The maximum Gasteiger partial charge on any atom is 0.120 e. The molecule has 0 aliphatic heterocycles. The van der Waals surface area contributed by atoms with E-state index in [9.17, 15) is 5.11 Å². The van der Waals surface area contributed by atoms with E-state index in [1.54, 1.807) is 0 Å². The summed E-state index contributed by atoms with van der Waals surface area (Å²) in [5, 5.41) is 13.0. The van der Waals surface area contributed by atoms with Gasteiger partial charge >= 0.3 is 0 Å². The fourth-order valence-corrected chi connectivity index (χ4v) is 1.87. The van der Waals surface area contributed by atoms with Crippen molar-refractivity contribution in [3.05, 3.63) is 36.5 Å². The Morgan fingerprint density at radius 3 is 2.93 bits per heavy atom. The molecule has 3 heteroatoms. The molecule has 1 aromatic heterocycles. The molecular formula is C12H17N2O+. The lowest BCUT2D eigenvalue weighted by molar-refractivity contribution is -0.634. The largest absolute Gasteiger partial charge is 0.385 e. The van der Waals surface area contributed by atoms with Gasteiger partial charge < -0.3 is 15.0 Å². The van der Waals surface area contributed by atoms with Crippen LogP contribution in [0.5, 0.6) is 0 Å². The SMILES string of the molecule is C[NH2+]C[C@@H](O)Cn1ccc2ccccc21. The van der Waals surface area contributed by atoms with E-state index >= 15 is 0 Å². The van der Waals surface area contributed by atoms with Gasteiger partial charge in [0.2, 0.25) is 0 Å². The number of aliphatic hydroxyl groups excluding tert-OH is 1. The number of para-hydroxylation sites is 1. The number of rotatable bonds is 4. The van der Waals surface area contributed by atoms with Gasteiger partial charge in [-0.3, -0.25) is 0 Å². The monoisotopic (exact) mass is 205 g/mol. The lowest BCUT2D eigenvalue weighted by Gasteiger charge is -2.10. The molecular weight excluding hydrogens is 188 g/mol. The molecule has 15 heavy (non-hydrogen) atoms. The Labute approximate surface area is 89.3 Å². The molecule has 0 saturated carbocycles. The van der Waals surface area contributed by atoms with Crippen LogP contribution in [0.25, 0.3) is 10.9 Å². The van der Waals surface area contributed by atoms with Crippen LogP contribution in [-0.4, -0.2) is 29.4 Å². The first-order valence-electron chi connectivity index (χ1n) is 5.31. The predicted molar refractivity (Wildman–Crippen MR) is 60.7 cm³/mol. The van der Waals surface area contributed by atoms with Crippen LogP contribution in [0, 0.1) is 0 Å². The van der Waals surface area contributed by atoms with Crippen LogP contribution in [-0.2, 0) is 6.54 Å².